The first-order valence-corrected chi connectivity index (χ1v) is 6.90. The highest BCUT2D eigenvalue weighted by Crippen LogP contribution is 2.39. The van der Waals surface area contributed by atoms with Crippen molar-refractivity contribution in [1.82, 2.24) is 9.80 Å². The van der Waals surface area contributed by atoms with E-state index in [9.17, 15) is 4.79 Å². The largest absolute Gasteiger partial charge is 0.444 e. The maximum Gasteiger partial charge on any atom is 0.410 e. The number of rotatable bonds is 1. The fourth-order valence-corrected chi connectivity index (χ4v) is 3.30. The summed E-state index contributed by atoms with van der Waals surface area (Å²) in [5.74, 6) is 1.54. The average molecular weight is 254 g/mol. The van der Waals surface area contributed by atoms with Gasteiger partial charge in [0.2, 0.25) is 0 Å². The zero-order chi connectivity index (χ0) is 13.5. The number of carbonyl (C=O) groups is 1. The van der Waals surface area contributed by atoms with E-state index in [-0.39, 0.29) is 6.09 Å². The Morgan fingerprint density at radius 3 is 2.17 bits per heavy atom. The predicted molar refractivity (Wildman–Crippen MR) is 71.5 cm³/mol. The van der Waals surface area contributed by atoms with Gasteiger partial charge < -0.3 is 14.5 Å². The minimum Gasteiger partial charge on any atom is -0.444 e. The van der Waals surface area contributed by atoms with Crippen LogP contribution in [0.3, 0.4) is 0 Å². The summed E-state index contributed by atoms with van der Waals surface area (Å²) in [5, 5.41) is 0. The molecule has 0 aromatic heterocycles. The summed E-state index contributed by atoms with van der Waals surface area (Å²) in [6, 6.07) is 0.364. The van der Waals surface area contributed by atoms with Gasteiger partial charge in [0, 0.05) is 26.2 Å². The normalized spacial score (nSPS) is 32.4. The highest BCUT2D eigenvalue weighted by Gasteiger charge is 2.42. The van der Waals surface area contributed by atoms with Gasteiger partial charge in [-0.15, -0.1) is 0 Å². The third-order valence-corrected chi connectivity index (χ3v) is 4.14. The first kappa shape index (κ1) is 13.7. The standard InChI is InChI=1S/C14H26N2O2/c1-14(2,3)18-13(17)16(5)12-6-10-8-15(4)9-11(10)7-12/h10-12H,6-9H2,1-5H3/t10-,11+,12?. The van der Waals surface area contributed by atoms with Crippen LogP contribution in [0.2, 0.25) is 0 Å². The number of carbonyl (C=O) groups excluding carboxylic acids is 1. The molecule has 2 rings (SSSR count). The summed E-state index contributed by atoms with van der Waals surface area (Å²) in [7, 11) is 4.06. The highest BCUT2D eigenvalue weighted by molar-refractivity contribution is 5.68. The molecule has 0 aromatic rings. The van der Waals surface area contributed by atoms with Crippen molar-refractivity contribution < 1.29 is 9.53 Å². The molecule has 0 radical (unpaired) electrons. The van der Waals surface area contributed by atoms with Gasteiger partial charge in [0.05, 0.1) is 0 Å². The molecule has 1 unspecified atom stereocenters. The van der Waals surface area contributed by atoms with Crippen molar-refractivity contribution in [2.45, 2.75) is 45.3 Å². The van der Waals surface area contributed by atoms with Crippen LogP contribution in [0.4, 0.5) is 4.79 Å². The smallest absolute Gasteiger partial charge is 0.410 e. The molecule has 1 saturated carbocycles. The van der Waals surface area contributed by atoms with Gasteiger partial charge in [0.15, 0.2) is 0 Å². The molecule has 1 saturated heterocycles. The number of nitrogens with zero attached hydrogens (tertiary/aromatic N) is 2. The molecule has 4 nitrogen and oxygen atoms in total. The van der Waals surface area contributed by atoms with E-state index in [0.29, 0.717) is 6.04 Å². The molecule has 0 aromatic carbocycles. The van der Waals surface area contributed by atoms with Crippen LogP contribution in [-0.4, -0.2) is 54.7 Å². The molecule has 4 heteroatoms. The van der Waals surface area contributed by atoms with Gasteiger partial charge in [-0.2, -0.15) is 0 Å². The third-order valence-electron chi connectivity index (χ3n) is 4.14. The van der Waals surface area contributed by atoms with E-state index in [2.05, 4.69) is 11.9 Å². The number of hydrogen-bond donors (Lipinski definition) is 0. The van der Waals surface area contributed by atoms with Gasteiger partial charge in [-0.05, 0) is 52.5 Å². The van der Waals surface area contributed by atoms with Gasteiger partial charge in [-0.1, -0.05) is 0 Å². The zero-order valence-electron chi connectivity index (χ0n) is 12.3. The maximum atomic E-state index is 12.0. The van der Waals surface area contributed by atoms with Crippen molar-refractivity contribution in [3.8, 4) is 0 Å². The Morgan fingerprint density at radius 2 is 1.72 bits per heavy atom. The maximum absolute atomic E-state index is 12.0. The van der Waals surface area contributed by atoms with Crippen LogP contribution < -0.4 is 0 Å². The summed E-state index contributed by atoms with van der Waals surface area (Å²) in [6.07, 6.45) is 2.08. The van der Waals surface area contributed by atoms with Crippen LogP contribution in [0.15, 0.2) is 0 Å². The van der Waals surface area contributed by atoms with Crippen LogP contribution in [-0.2, 0) is 4.74 Å². The Kier molecular flexibility index (Phi) is 3.58. The number of likely N-dealkylation sites (tertiary alicyclic amines) is 1. The Hall–Kier alpha value is -0.770. The number of ether oxygens (including phenoxy) is 1. The lowest BCUT2D eigenvalue weighted by molar-refractivity contribution is 0.0218. The molecular formula is C14H26N2O2. The molecule has 2 aliphatic rings. The monoisotopic (exact) mass is 254 g/mol. The minimum atomic E-state index is -0.403. The molecule has 1 heterocycles. The first-order valence-electron chi connectivity index (χ1n) is 6.90. The van der Waals surface area contributed by atoms with Crippen molar-refractivity contribution in [2.24, 2.45) is 11.8 Å². The van der Waals surface area contributed by atoms with Gasteiger partial charge in [-0.25, -0.2) is 4.79 Å². The van der Waals surface area contributed by atoms with E-state index in [0.717, 1.165) is 24.7 Å². The van der Waals surface area contributed by atoms with Crippen LogP contribution in [0.25, 0.3) is 0 Å². The van der Waals surface area contributed by atoms with E-state index < -0.39 is 5.60 Å². The fourth-order valence-electron chi connectivity index (χ4n) is 3.30. The molecule has 2 fully saturated rings. The van der Waals surface area contributed by atoms with Gasteiger partial charge in [0.1, 0.15) is 5.60 Å². The highest BCUT2D eigenvalue weighted by atomic mass is 16.6. The van der Waals surface area contributed by atoms with Crippen molar-refractivity contribution >= 4 is 6.09 Å². The molecule has 1 aliphatic carbocycles. The lowest BCUT2D eigenvalue weighted by atomic mass is 10.0. The summed E-state index contributed by atoms with van der Waals surface area (Å²) in [4.78, 5) is 16.2. The molecule has 1 amide bonds. The van der Waals surface area contributed by atoms with Crippen LogP contribution in [0.1, 0.15) is 33.6 Å². The molecule has 0 bridgehead atoms. The Labute approximate surface area is 110 Å². The second-order valence-corrected chi connectivity index (χ2v) is 6.96. The lowest BCUT2D eigenvalue weighted by Gasteiger charge is -2.29. The van der Waals surface area contributed by atoms with Gasteiger partial charge in [-0.3, -0.25) is 0 Å². The second-order valence-electron chi connectivity index (χ2n) is 6.96. The SMILES string of the molecule is CN1C[C@H]2CC(N(C)C(=O)OC(C)(C)C)C[C@H]2C1. The quantitative estimate of drug-likeness (QED) is 0.719. The molecule has 104 valence electrons. The molecule has 18 heavy (non-hydrogen) atoms. The summed E-state index contributed by atoms with van der Waals surface area (Å²) >= 11 is 0. The van der Waals surface area contributed by atoms with Gasteiger partial charge >= 0.3 is 6.09 Å². The van der Waals surface area contributed by atoms with E-state index in [1.807, 2.05) is 32.7 Å². The third kappa shape index (κ3) is 2.97. The van der Waals surface area contributed by atoms with Crippen molar-refractivity contribution in [3.05, 3.63) is 0 Å². The number of hydrogen-bond acceptors (Lipinski definition) is 3. The molecular weight excluding hydrogens is 228 g/mol. The Balaban J connectivity index is 1.88. The number of fused-ring (bicyclic) bond motifs is 1. The first-order chi connectivity index (χ1) is 8.26. The van der Waals surface area contributed by atoms with E-state index in [1.165, 1.54) is 13.1 Å². The zero-order valence-corrected chi connectivity index (χ0v) is 12.3. The molecule has 0 N–H and O–H groups in total. The minimum absolute atomic E-state index is 0.180. The van der Waals surface area contributed by atoms with Crippen LogP contribution in [0, 0.1) is 11.8 Å². The summed E-state index contributed by atoms with van der Waals surface area (Å²) in [5.41, 5.74) is -0.403. The lowest BCUT2D eigenvalue weighted by Crippen LogP contribution is -2.40. The van der Waals surface area contributed by atoms with E-state index in [1.54, 1.807) is 0 Å². The fraction of sp³-hybridized carbons (Fsp3) is 0.929. The summed E-state index contributed by atoms with van der Waals surface area (Å²) in [6.45, 7) is 8.11. The molecule has 3 atom stereocenters. The van der Waals surface area contributed by atoms with Crippen molar-refractivity contribution in [2.75, 3.05) is 27.2 Å². The molecule has 0 spiro atoms. The Bertz CT molecular complexity index is 310. The van der Waals surface area contributed by atoms with Crippen molar-refractivity contribution in [1.29, 1.82) is 0 Å². The van der Waals surface area contributed by atoms with Crippen LogP contribution in [0.5, 0.6) is 0 Å². The van der Waals surface area contributed by atoms with E-state index in [4.69, 9.17) is 4.74 Å². The number of amides is 1. The molecule has 1 aliphatic heterocycles. The predicted octanol–water partition coefficient (Wildman–Crippen LogP) is 2.19. The Morgan fingerprint density at radius 1 is 1.22 bits per heavy atom. The average Bonchev–Trinajstić information content (AvgIpc) is 2.70. The van der Waals surface area contributed by atoms with Crippen LogP contribution >= 0.6 is 0 Å². The van der Waals surface area contributed by atoms with Gasteiger partial charge in [0.25, 0.3) is 0 Å². The summed E-state index contributed by atoms with van der Waals surface area (Å²) < 4.78 is 5.43. The van der Waals surface area contributed by atoms with Crippen molar-refractivity contribution in [3.63, 3.8) is 0 Å². The second kappa shape index (κ2) is 4.72. The topological polar surface area (TPSA) is 32.8 Å². The van der Waals surface area contributed by atoms with E-state index >= 15 is 0 Å².